The van der Waals surface area contributed by atoms with E-state index in [0.717, 1.165) is 23.3 Å². The molecule has 2 aromatic carbocycles. The zero-order valence-corrected chi connectivity index (χ0v) is 21.7. The maximum Gasteiger partial charge on any atom is 0.501 e. The summed E-state index contributed by atoms with van der Waals surface area (Å²) >= 11 is 7.42. The van der Waals surface area contributed by atoms with Crippen molar-refractivity contribution in [1.82, 2.24) is 10.2 Å². The fourth-order valence-electron chi connectivity index (χ4n) is 4.46. The Morgan fingerprint density at radius 2 is 1.84 bits per heavy atom. The predicted molar refractivity (Wildman–Crippen MR) is 141 cm³/mol. The van der Waals surface area contributed by atoms with Crippen LogP contribution in [-0.4, -0.2) is 51.6 Å². The SMILES string of the molecule is O=C(CCCCCN1C(=O)C2SC=CC2=[N+](Cc2ccc(Cl)cc2)C1=O)NCc1ccc2c(c1)OCO2. The van der Waals surface area contributed by atoms with Gasteiger partial charge in [-0.25, -0.2) is 4.79 Å². The van der Waals surface area contributed by atoms with Gasteiger partial charge >= 0.3 is 11.9 Å². The van der Waals surface area contributed by atoms with Crippen molar-refractivity contribution < 1.29 is 28.4 Å². The van der Waals surface area contributed by atoms with Crippen LogP contribution in [0.3, 0.4) is 0 Å². The van der Waals surface area contributed by atoms with Gasteiger partial charge in [-0.1, -0.05) is 29.8 Å². The van der Waals surface area contributed by atoms with Crippen molar-refractivity contribution in [2.24, 2.45) is 0 Å². The second kappa shape index (κ2) is 11.4. The number of allylic oxidation sites excluding steroid dienone is 1. The van der Waals surface area contributed by atoms with Crippen LogP contribution in [0.25, 0.3) is 0 Å². The average molecular weight is 541 g/mol. The minimum atomic E-state index is -0.396. The molecule has 4 amide bonds. The lowest BCUT2D eigenvalue weighted by molar-refractivity contribution is -0.454. The summed E-state index contributed by atoms with van der Waals surface area (Å²) in [4.78, 5) is 39.9. The Morgan fingerprint density at radius 3 is 2.68 bits per heavy atom. The van der Waals surface area contributed by atoms with E-state index in [4.69, 9.17) is 21.1 Å². The largest absolute Gasteiger partial charge is 0.501 e. The molecule has 0 spiro atoms. The van der Waals surface area contributed by atoms with Crippen LogP contribution >= 0.6 is 23.4 Å². The molecule has 5 rings (SSSR count). The molecule has 37 heavy (non-hydrogen) atoms. The number of rotatable bonds is 10. The van der Waals surface area contributed by atoms with Crippen LogP contribution in [0.5, 0.6) is 11.5 Å². The number of amides is 4. The van der Waals surface area contributed by atoms with E-state index in [9.17, 15) is 14.4 Å². The normalized spacial score (nSPS) is 18.0. The molecule has 0 fully saturated rings. The van der Waals surface area contributed by atoms with Crippen molar-refractivity contribution in [2.45, 2.75) is 44.0 Å². The van der Waals surface area contributed by atoms with Crippen molar-refractivity contribution in [3.05, 3.63) is 70.1 Å². The molecule has 1 N–H and O–H groups in total. The Balaban J connectivity index is 1.09. The number of fused-ring (bicyclic) bond motifs is 2. The van der Waals surface area contributed by atoms with E-state index in [1.807, 2.05) is 41.8 Å². The topological polar surface area (TPSA) is 88.0 Å². The van der Waals surface area contributed by atoms with Gasteiger partial charge in [-0.05, 0) is 66.1 Å². The van der Waals surface area contributed by atoms with Gasteiger partial charge in [0.05, 0.1) is 6.54 Å². The lowest BCUT2D eigenvalue weighted by Crippen LogP contribution is -2.55. The number of unbranched alkanes of at least 4 members (excludes halogenated alkanes) is 2. The fourth-order valence-corrected chi connectivity index (χ4v) is 5.55. The minimum Gasteiger partial charge on any atom is -0.454 e. The minimum absolute atomic E-state index is 0.0374. The molecule has 1 atom stereocenters. The molecule has 0 radical (unpaired) electrons. The summed E-state index contributed by atoms with van der Waals surface area (Å²) in [6, 6.07) is 12.7. The van der Waals surface area contributed by atoms with Gasteiger partial charge in [0.15, 0.2) is 16.7 Å². The lowest BCUT2D eigenvalue weighted by atomic mass is 10.1. The van der Waals surface area contributed by atoms with Crippen LogP contribution in [0, 0.1) is 0 Å². The number of carbonyl (C=O) groups is 3. The first-order chi connectivity index (χ1) is 18.0. The maximum absolute atomic E-state index is 13.3. The zero-order chi connectivity index (χ0) is 25.8. The Labute approximate surface area is 224 Å². The van der Waals surface area contributed by atoms with E-state index < -0.39 is 5.25 Å². The second-order valence-corrected chi connectivity index (χ2v) is 10.5. The van der Waals surface area contributed by atoms with Crippen molar-refractivity contribution >= 4 is 46.9 Å². The Morgan fingerprint density at radius 1 is 1.05 bits per heavy atom. The number of urea groups is 1. The van der Waals surface area contributed by atoms with Crippen molar-refractivity contribution in [3.8, 4) is 11.5 Å². The number of nitrogens with one attached hydrogen (secondary N) is 1. The third-order valence-corrected chi connectivity index (χ3v) is 7.71. The van der Waals surface area contributed by atoms with E-state index in [-0.39, 0.29) is 24.6 Å². The summed E-state index contributed by atoms with van der Waals surface area (Å²) in [7, 11) is 0. The molecule has 2 aromatic rings. The molecular weight excluding hydrogens is 514 g/mol. The predicted octanol–water partition coefficient (Wildman–Crippen LogP) is 4.49. The van der Waals surface area contributed by atoms with Crippen LogP contribution in [0.4, 0.5) is 4.79 Å². The highest BCUT2D eigenvalue weighted by Crippen LogP contribution is 2.32. The smallest absolute Gasteiger partial charge is 0.454 e. The molecular formula is C27H27ClN3O5S+. The highest BCUT2D eigenvalue weighted by molar-refractivity contribution is 8.04. The van der Waals surface area contributed by atoms with Gasteiger partial charge < -0.3 is 14.8 Å². The van der Waals surface area contributed by atoms with Crippen LogP contribution in [-0.2, 0) is 22.7 Å². The highest BCUT2D eigenvalue weighted by atomic mass is 35.5. The molecule has 8 nitrogen and oxygen atoms in total. The number of imide groups is 1. The molecule has 3 heterocycles. The van der Waals surface area contributed by atoms with Gasteiger partial charge in [-0.3, -0.25) is 4.79 Å². The van der Waals surface area contributed by atoms with Gasteiger partial charge in [0.2, 0.25) is 12.7 Å². The van der Waals surface area contributed by atoms with Crippen LogP contribution in [0.2, 0.25) is 5.02 Å². The lowest BCUT2D eigenvalue weighted by Gasteiger charge is -2.24. The summed E-state index contributed by atoms with van der Waals surface area (Å²) in [6.07, 6.45) is 4.28. The third kappa shape index (κ3) is 5.83. The number of benzene rings is 2. The Hall–Kier alpha value is -3.30. The van der Waals surface area contributed by atoms with Crippen LogP contribution in [0.15, 0.2) is 53.9 Å². The fraction of sp³-hybridized carbons (Fsp3) is 0.333. The average Bonchev–Trinajstić information content (AvgIpc) is 3.58. The molecule has 0 saturated heterocycles. The van der Waals surface area contributed by atoms with E-state index in [0.29, 0.717) is 55.4 Å². The maximum atomic E-state index is 13.3. The summed E-state index contributed by atoms with van der Waals surface area (Å²) in [6.45, 7) is 1.34. The van der Waals surface area contributed by atoms with E-state index >= 15 is 0 Å². The summed E-state index contributed by atoms with van der Waals surface area (Å²) < 4.78 is 12.3. The first-order valence-electron chi connectivity index (χ1n) is 12.2. The van der Waals surface area contributed by atoms with Crippen molar-refractivity contribution in [1.29, 1.82) is 0 Å². The number of hydrogen-bond donors (Lipinski definition) is 1. The molecule has 192 valence electrons. The summed E-state index contributed by atoms with van der Waals surface area (Å²) in [5.74, 6) is 1.19. The van der Waals surface area contributed by atoms with Gasteiger partial charge in [-0.2, -0.15) is 14.3 Å². The second-order valence-electron chi connectivity index (χ2n) is 9.00. The van der Waals surface area contributed by atoms with Gasteiger partial charge in [0.1, 0.15) is 12.3 Å². The van der Waals surface area contributed by atoms with Gasteiger partial charge in [-0.15, -0.1) is 11.8 Å². The first-order valence-corrected chi connectivity index (χ1v) is 13.5. The highest BCUT2D eigenvalue weighted by Gasteiger charge is 2.48. The van der Waals surface area contributed by atoms with Gasteiger partial charge in [0.25, 0.3) is 0 Å². The van der Waals surface area contributed by atoms with Crippen LogP contribution < -0.4 is 14.8 Å². The van der Waals surface area contributed by atoms with Crippen LogP contribution in [0.1, 0.15) is 36.8 Å². The van der Waals surface area contributed by atoms with Gasteiger partial charge in [0, 0.05) is 18.0 Å². The number of halogens is 1. The molecule has 0 saturated carbocycles. The summed E-state index contributed by atoms with van der Waals surface area (Å²) in [5.41, 5.74) is 2.61. The van der Waals surface area contributed by atoms with Crippen molar-refractivity contribution in [2.75, 3.05) is 13.3 Å². The first kappa shape index (κ1) is 25.4. The number of nitrogens with zero attached hydrogens (tertiary/aromatic N) is 2. The Kier molecular flexibility index (Phi) is 7.81. The molecule has 0 aliphatic carbocycles. The van der Waals surface area contributed by atoms with E-state index in [2.05, 4.69) is 5.32 Å². The molecule has 3 aliphatic heterocycles. The van der Waals surface area contributed by atoms with E-state index in [1.54, 1.807) is 16.7 Å². The molecule has 0 bridgehead atoms. The quantitative estimate of drug-likeness (QED) is 0.353. The van der Waals surface area contributed by atoms with E-state index in [1.165, 1.54) is 16.7 Å². The third-order valence-electron chi connectivity index (χ3n) is 6.45. The monoisotopic (exact) mass is 540 g/mol. The zero-order valence-electron chi connectivity index (χ0n) is 20.2. The molecule has 1 unspecified atom stereocenters. The number of thioether (sulfide) groups is 1. The molecule has 10 heteroatoms. The summed E-state index contributed by atoms with van der Waals surface area (Å²) in [5, 5.41) is 5.02. The number of ether oxygens (including phenoxy) is 2. The van der Waals surface area contributed by atoms with Crippen molar-refractivity contribution in [3.63, 3.8) is 0 Å². The number of hydrogen-bond acceptors (Lipinski definition) is 6. The standard InChI is InChI=1S/C27H26ClN3O5S/c28-20-8-5-18(6-9-20)16-31-21-11-13-37-25(21)26(33)30(27(31)34)12-3-1-2-4-24(32)29-15-19-7-10-22-23(14-19)36-17-35-22/h5-11,13-14,25H,1-4,12,15-17H2/p+1. The Bertz CT molecular complexity index is 1280. The molecule has 0 aromatic heterocycles. The molecule has 3 aliphatic rings. The number of carbonyl (C=O) groups excluding carboxylic acids is 3.